The summed E-state index contributed by atoms with van der Waals surface area (Å²) >= 11 is 5.91. The van der Waals surface area contributed by atoms with Gasteiger partial charge >= 0.3 is 6.18 Å². The van der Waals surface area contributed by atoms with Crippen molar-refractivity contribution in [3.8, 4) is 22.3 Å². The van der Waals surface area contributed by atoms with E-state index in [0.717, 1.165) is 4.52 Å². The van der Waals surface area contributed by atoms with Crippen molar-refractivity contribution in [2.45, 2.75) is 13.1 Å². The summed E-state index contributed by atoms with van der Waals surface area (Å²) < 4.78 is 41.9. The van der Waals surface area contributed by atoms with Crippen molar-refractivity contribution in [3.63, 3.8) is 0 Å². The van der Waals surface area contributed by atoms with E-state index in [-0.39, 0.29) is 27.5 Å². The molecule has 2 heterocycles. The van der Waals surface area contributed by atoms with E-state index >= 15 is 0 Å². The number of rotatable bonds is 2. The average molecular weight is 402 g/mol. The lowest BCUT2D eigenvalue weighted by atomic mass is 10.0. The van der Waals surface area contributed by atoms with Crippen LogP contribution < -0.4 is 5.56 Å². The molecule has 0 aliphatic carbocycles. The van der Waals surface area contributed by atoms with Crippen LogP contribution in [0.4, 0.5) is 13.2 Å². The molecule has 0 atom stereocenters. The van der Waals surface area contributed by atoms with Crippen LogP contribution in [0.15, 0.2) is 47.3 Å². The van der Waals surface area contributed by atoms with Crippen LogP contribution >= 0.6 is 11.6 Å². The summed E-state index contributed by atoms with van der Waals surface area (Å²) in [5.41, 5.74) is -0.842. The molecule has 0 radical (unpaired) electrons. The highest BCUT2D eigenvalue weighted by atomic mass is 35.5. The zero-order valence-electron chi connectivity index (χ0n) is 14.4. The standard InChI is InChI=1S/C20H11ClF3N3O/c1-11-15(13-8-5-9-14(21)10-13)19(28)27-18(25-11)16(12-6-3-2-4-7-12)17(26-27)20(22,23)24/h2-4,6-8,10,26H,1H3. The lowest BCUT2D eigenvalue weighted by Crippen LogP contribution is -2.19. The molecule has 4 nitrogen and oxygen atoms in total. The third-order valence-electron chi connectivity index (χ3n) is 4.30. The molecule has 0 saturated heterocycles. The second-order valence-corrected chi connectivity index (χ2v) is 6.53. The molecule has 28 heavy (non-hydrogen) atoms. The second kappa shape index (κ2) is 6.43. The summed E-state index contributed by atoms with van der Waals surface area (Å²) in [6.07, 6.45) is -4.70. The molecule has 0 spiro atoms. The zero-order valence-corrected chi connectivity index (χ0v) is 15.1. The maximum atomic E-state index is 13.7. The molecule has 8 heteroatoms. The molecule has 0 aliphatic rings. The Labute approximate surface area is 162 Å². The molecule has 4 aromatic rings. The number of nitrogens with zero attached hydrogens (tertiary/aromatic N) is 2. The minimum atomic E-state index is -4.70. The number of aromatic nitrogens is 3. The van der Waals surface area contributed by atoms with E-state index < -0.39 is 17.4 Å². The average Bonchev–Trinajstić information content (AvgIpc) is 3.02. The molecule has 0 saturated carbocycles. The first-order valence-corrected chi connectivity index (χ1v) is 8.52. The number of hydrogen-bond donors (Lipinski definition) is 1. The molecule has 0 fully saturated rings. The first-order valence-electron chi connectivity index (χ1n) is 8.14. The van der Waals surface area contributed by atoms with E-state index in [9.17, 15) is 18.0 Å². The van der Waals surface area contributed by atoms with E-state index in [1.54, 1.807) is 25.1 Å². The number of fused-ring (bicyclic) bond motifs is 1. The van der Waals surface area contributed by atoms with Crippen molar-refractivity contribution < 1.29 is 13.2 Å². The van der Waals surface area contributed by atoms with Gasteiger partial charge in [-0.1, -0.05) is 48.0 Å². The van der Waals surface area contributed by atoms with Crippen molar-refractivity contribution in [1.29, 1.82) is 0 Å². The smallest absolute Gasteiger partial charge is 0.284 e. The van der Waals surface area contributed by atoms with Gasteiger partial charge in [-0.25, -0.2) is 4.98 Å². The number of halogens is 4. The number of aryl methyl sites for hydroxylation is 1. The van der Waals surface area contributed by atoms with Crippen LogP contribution in [0, 0.1) is 19.1 Å². The van der Waals surface area contributed by atoms with Gasteiger partial charge in [0.15, 0.2) is 5.65 Å². The number of aromatic amines is 1. The van der Waals surface area contributed by atoms with Crippen LogP contribution in [0.2, 0.25) is 5.02 Å². The highest BCUT2D eigenvalue weighted by Crippen LogP contribution is 2.38. The summed E-state index contributed by atoms with van der Waals surface area (Å²) in [5, 5.41) is 2.42. The van der Waals surface area contributed by atoms with Crippen LogP contribution in [0.3, 0.4) is 0 Å². The molecule has 0 unspecified atom stereocenters. The van der Waals surface area contributed by atoms with E-state index in [1.807, 2.05) is 0 Å². The predicted octanol–water partition coefficient (Wildman–Crippen LogP) is 4.94. The highest BCUT2D eigenvalue weighted by Gasteiger charge is 2.38. The Morgan fingerprint density at radius 1 is 1.14 bits per heavy atom. The zero-order chi connectivity index (χ0) is 20.1. The van der Waals surface area contributed by atoms with Gasteiger partial charge < -0.3 is 0 Å². The molecule has 2 aromatic carbocycles. The van der Waals surface area contributed by atoms with Crippen molar-refractivity contribution in [2.24, 2.45) is 0 Å². The summed E-state index contributed by atoms with van der Waals surface area (Å²) in [6.45, 7) is 1.57. The summed E-state index contributed by atoms with van der Waals surface area (Å²) in [6, 6.07) is 16.3. The number of benzene rings is 1. The minimum Gasteiger partial charge on any atom is -0.284 e. The molecule has 4 rings (SSSR count). The lowest BCUT2D eigenvalue weighted by Gasteiger charge is -2.07. The number of nitrogens with one attached hydrogen (secondary N) is 1. The molecule has 0 amide bonds. The Kier molecular flexibility index (Phi) is 4.16. The summed E-state index contributed by atoms with van der Waals surface area (Å²) in [7, 11) is 0. The fraction of sp³-hybridized carbons (Fsp3) is 0.100. The van der Waals surface area contributed by atoms with Gasteiger partial charge in [0.1, 0.15) is 5.69 Å². The topological polar surface area (TPSA) is 50.2 Å². The lowest BCUT2D eigenvalue weighted by molar-refractivity contribution is -0.140. The fourth-order valence-corrected chi connectivity index (χ4v) is 3.31. The Hall–Kier alpha value is -3.24. The maximum absolute atomic E-state index is 13.7. The summed E-state index contributed by atoms with van der Waals surface area (Å²) in [5.74, 6) is 0. The van der Waals surface area contributed by atoms with Crippen LogP contribution in [0.1, 0.15) is 11.4 Å². The van der Waals surface area contributed by atoms with Gasteiger partial charge in [-0.15, -0.1) is 0 Å². The van der Waals surface area contributed by atoms with Crippen LogP contribution in [0.25, 0.3) is 27.9 Å². The first-order chi connectivity index (χ1) is 13.3. The monoisotopic (exact) mass is 401 g/mol. The van der Waals surface area contributed by atoms with Crippen LogP contribution in [0.5, 0.6) is 0 Å². The van der Waals surface area contributed by atoms with Crippen molar-refractivity contribution in [3.05, 3.63) is 81.4 Å². The highest BCUT2D eigenvalue weighted by molar-refractivity contribution is 6.30. The Bertz CT molecular complexity index is 1240. The van der Waals surface area contributed by atoms with Gasteiger partial charge in [0.2, 0.25) is 0 Å². The second-order valence-electron chi connectivity index (χ2n) is 6.12. The Morgan fingerprint density at radius 3 is 2.50 bits per heavy atom. The van der Waals surface area contributed by atoms with E-state index in [2.05, 4.69) is 22.2 Å². The number of alkyl halides is 3. The van der Waals surface area contributed by atoms with Crippen molar-refractivity contribution >= 4 is 17.2 Å². The quantitative estimate of drug-likeness (QED) is 0.517. The van der Waals surface area contributed by atoms with Gasteiger partial charge in [-0.2, -0.15) is 17.7 Å². The maximum Gasteiger partial charge on any atom is 0.433 e. The largest absolute Gasteiger partial charge is 0.433 e. The third kappa shape index (κ3) is 2.92. The molecule has 2 aromatic heterocycles. The van der Waals surface area contributed by atoms with Crippen molar-refractivity contribution in [1.82, 2.24) is 14.6 Å². The van der Waals surface area contributed by atoms with Crippen molar-refractivity contribution in [2.75, 3.05) is 0 Å². The van der Waals surface area contributed by atoms with E-state index in [4.69, 9.17) is 11.6 Å². The molecule has 1 N–H and O–H groups in total. The number of hydrogen-bond acceptors (Lipinski definition) is 2. The molecular formula is C20H11ClF3N3O. The predicted molar refractivity (Wildman–Crippen MR) is 99.1 cm³/mol. The van der Waals surface area contributed by atoms with E-state index in [0.29, 0.717) is 11.1 Å². The first kappa shape index (κ1) is 18.1. The molecular weight excluding hydrogens is 391 g/mol. The van der Waals surface area contributed by atoms with Crippen LogP contribution in [-0.4, -0.2) is 14.6 Å². The number of H-pyrrole nitrogens is 1. The molecule has 0 bridgehead atoms. The van der Waals surface area contributed by atoms with Crippen LogP contribution in [-0.2, 0) is 6.18 Å². The Balaban J connectivity index is 2.10. The van der Waals surface area contributed by atoms with E-state index in [1.165, 1.54) is 24.3 Å². The van der Waals surface area contributed by atoms with Gasteiger partial charge in [0.25, 0.3) is 5.56 Å². The molecule has 140 valence electrons. The van der Waals surface area contributed by atoms with Gasteiger partial charge in [0.05, 0.1) is 21.8 Å². The van der Waals surface area contributed by atoms with Gasteiger partial charge in [0, 0.05) is 0 Å². The Morgan fingerprint density at radius 2 is 1.86 bits per heavy atom. The molecule has 0 aliphatic heterocycles. The SMILES string of the molecule is Cc1nc2c(-c3ccccc3)c(C(F)(F)F)[nH]n2c(=O)c1-c1cc#cc(Cl)c1. The van der Waals surface area contributed by atoms with Gasteiger partial charge in [-0.3, -0.25) is 9.89 Å². The minimum absolute atomic E-state index is 0.0951. The fourth-order valence-electron chi connectivity index (χ4n) is 3.14. The summed E-state index contributed by atoms with van der Waals surface area (Å²) in [4.78, 5) is 17.4. The van der Waals surface area contributed by atoms with Gasteiger partial charge in [-0.05, 0) is 36.2 Å². The normalized spacial score (nSPS) is 11.6. The third-order valence-corrected chi connectivity index (χ3v) is 4.50.